The normalized spacial score (nSPS) is 10.2. The predicted octanol–water partition coefficient (Wildman–Crippen LogP) is 0.124. The lowest BCUT2D eigenvalue weighted by molar-refractivity contribution is 0.113. The smallest absolute Gasteiger partial charge is 0.0487 e. The SMILES string of the molecule is NCCCCOCCCO. The largest absolute Gasteiger partial charge is 0.396 e. The first-order valence-corrected chi connectivity index (χ1v) is 3.80. The summed E-state index contributed by atoms with van der Waals surface area (Å²) in [6, 6.07) is 0. The van der Waals surface area contributed by atoms with Crippen LogP contribution in [-0.4, -0.2) is 31.5 Å². The minimum absolute atomic E-state index is 0.219. The van der Waals surface area contributed by atoms with Crippen molar-refractivity contribution >= 4 is 0 Å². The van der Waals surface area contributed by atoms with Crippen molar-refractivity contribution in [3.63, 3.8) is 0 Å². The fraction of sp³-hybridized carbons (Fsp3) is 1.00. The van der Waals surface area contributed by atoms with E-state index in [1.54, 1.807) is 0 Å². The highest BCUT2D eigenvalue weighted by atomic mass is 16.5. The second-order valence-corrected chi connectivity index (χ2v) is 2.19. The van der Waals surface area contributed by atoms with Crippen LogP contribution in [0.15, 0.2) is 0 Å². The summed E-state index contributed by atoms with van der Waals surface area (Å²) in [4.78, 5) is 0. The van der Waals surface area contributed by atoms with Gasteiger partial charge in [-0.3, -0.25) is 0 Å². The molecule has 0 saturated heterocycles. The van der Waals surface area contributed by atoms with Crippen LogP contribution in [0.5, 0.6) is 0 Å². The maximum atomic E-state index is 8.37. The Morgan fingerprint density at radius 3 is 2.40 bits per heavy atom. The van der Waals surface area contributed by atoms with Crippen molar-refractivity contribution in [3.05, 3.63) is 0 Å². The number of hydrogen-bond donors (Lipinski definition) is 2. The molecule has 0 saturated carbocycles. The second-order valence-electron chi connectivity index (χ2n) is 2.19. The molecule has 0 aromatic rings. The number of hydrogen-bond acceptors (Lipinski definition) is 3. The van der Waals surface area contributed by atoms with Gasteiger partial charge < -0.3 is 15.6 Å². The average molecular weight is 147 g/mol. The zero-order valence-electron chi connectivity index (χ0n) is 6.38. The number of aliphatic hydroxyl groups excluding tert-OH is 1. The summed E-state index contributed by atoms with van der Waals surface area (Å²) in [5.41, 5.74) is 5.27. The molecule has 0 aromatic carbocycles. The van der Waals surface area contributed by atoms with E-state index in [0.717, 1.165) is 32.4 Å². The fourth-order valence-corrected chi connectivity index (χ4v) is 0.617. The molecule has 0 aromatic heterocycles. The van der Waals surface area contributed by atoms with Gasteiger partial charge in [0.2, 0.25) is 0 Å². The highest BCUT2D eigenvalue weighted by Gasteiger charge is 1.87. The van der Waals surface area contributed by atoms with Crippen LogP contribution in [0.4, 0.5) is 0 Å². The molecule has 0 bridgehead atoms. The second kappa shape index (κ2) is 8.88. The van der Waals surface area contributed by atoms with Crippen LogP contribution in [-0.2, 0) is 4.74 Å². The molecule has 0 fully saturated rings. The monoisotopic (exact) mass is 147 g/mol. The summed E-state index contributed by atoms with van der Waals surface area (Å²) in [5.74, 6) is 0. The van der Waals surface area contributed by atoms with Crippen LogP contribution in [0, 0.1) is 0 Å². The maximum Gasteiger partial charge on any atom is 0.0487 e. The molecule has 62 valence electrons. The third kappa shape index (κ3) is 7.88. The standard InChI is InChI=1S/C7H17NO2/c8-4-1-2-6-10-7-3-5-9/h9H,1-8H2. The predicted molar refractivity (Wildman–Crippen MR) is 40.8 cm³/mol. The number of unbranched alkanes of at least 4 members (excludes halogenated alkanes) is 1. The average Bonchev–Trinajstić information content (AvgIpc) is 1.97. The van der Waals surface area contributed by atoms with Gasteiger partial charge in [0.25, 0.3) is 0 Å². The Kier molecular flexibility index (Phi) is 8.77. The van der Waals surface area contributed by atoms with Crippen molar-refractivity contribution in [3.8, 4) is 0 Å². The number of ether oxygens (including phenoxy) is 1. The lowest BCUT2D eigenvalue weighted by atomic mass is 10.3. The van der Waals surface area contributed by atoms with E-state index in [1.165, 1.54) is 0 Å². The van der Waals surface area contributed by atoms with Crippen LogP contribution in [0.1, 0.15) is 19.3 Å². The van der Waals surface area contributed by atoms with Crippen LogP contribution < -0.4 is 5.73 Å². The van der Waals surface area contributed by atoms with E-state index in [0.29, 0.717) is 6.61 Å². The summed E-state index contributed by atoms with van der Waals surface area (Å²) in [7, 11) is 0. The first-order chi connectivity index (χ1) is 4.91. The Hall–Kier alpha value is -0.120. The van der Waals surface area contributed by atoms with Crippen molar-refractivity contribution in [2.45, 2.75) is 19.3 Å². The molecule has 0 heterocycles. The Labute approximate surface area is 62.2 Å². The maximum absolute atomic E-state index is 8.37. The highest BCUT2D eigenvalue weighted by molar-refractivity contribution is 4.39. The lowest BCUT2D eigenvalue weighted by Crippen LogP contribution is -2.03. The molecule has 3 heteroatoms. The Bertz CT molecular complexity index is 51.6. The van der Waals surface area contributed by atoms with Gasteiger partial charge in [-0.25, -0.2) is 0 Å². The Morgan fingerprint density at radius 1 is 1.10 bits per heavy atom. The molecule has 0 radical (unpaired) electrons. The van der Waals surface area contributed by atoms with Gasteiger partial charge in [0.05, 0.1) is 0 Å². The third-order valence-electron chi connectivity index (χ3n) is 1.19. The molecular formula is C7H17NO2. The van der Waals surface area contributed by atoms with E-state index < -0.39 is 0 Å². The number of aliphatic hydroxyl groups is 1. The summed E-state index contributed by atoms with van der Waals surface area (Å²) in [5, 5.41) is 8.37. The molecule has 3 nitrogen and oxygen atoms in total. The molecule has 0 rings (SSSR count). The molecule has 0 aliphatic carbocycles. The highest BCUT2D eigenvalue weighted by Crippen LogP contribution is 1.88. The minimum atomic E-state index is 0.219. The molecule has 10 heavy (non-hydrogen) atoms. The summed E-state index contributed by atoms with van der Waals surface area (Å²) in [6.45, 7) is 2.40. The summed E-state index contributed by atoms with van der Waals surface area (Å²) >= 11 is 0. The van der Waals surface area contributed by atoms with Gasteiger partial charge in [-0.2, -0.15) is 0 Å². The molecule has 0 amide bonds. The van der Waals surface area contributed by atoms with Crippen molar-refractivity contribution < 1.29 is 9.84 Å². The van der Waals surface area contributed by atoms with Crippen molar-refractivity contribution in [2.75, 3.05) is 26.4 Å². The van der Waals surface area contributed by atoms with Gasteiger partial charge >= 0.3 is 0 Å². The number of rotatable bonds is 7. The fourth-order valence-electron chi connectivity index (χ4n) is 0.617. The number of nitrogens with two attached hydrogens (primary N) is 1. The third-order valence-corrected chi connectivity index (χ3v) is 1.19. The van der Waals surface area contributed by atoms with Gasteiger partial charge in [-0.15, -0.1) is 0 Å². The van der Waals surface area contributed by atoms with E-state index >= 15 is 0 Å². The molecule has 0 aliphatic rings. The minimum Gasteiger partial charge on any atom is -0.396 e. The van der Waals surface area contributed by atoms with Gasteiger partial charge in [0.1, 0.15) is 0 Å². The molecule has 0 spiro atoms. The first-order valence-electron chi connectivity index (χ1n) is 3.80. The van der Waals surface area contributed by atoms with Gasteiger partial charge in [0, 0.05) is 19.8 Å². The van der Waals surface area contributed by atoms with E-state index in [9.17, 15) is 0 Å². The van der Waals surface area contributed by atoms with E-state index in [1.807, 2.05) is 0 Å². The zero-order chi connectivity index (χ0) is 7.66. The quantitative estimate of drug-likeness (QED) is 0.503. The lowest BCUT2D eigenvalue weighted by Gasteiger charge is -2.00. The van der Waals surface area contributed by atoms with E-state index in [4.69, 9.17) is 15.6 Å². The molecule has 0 aliphatic heterocycles. The zero-order valence-corrected chi connectivity index (χ0v) is 6.38. The summed E-state index contributed by atoms with van der Waals surface area (Å²) in [6.07, 6.45) is 2.80. The van der Waals surface area contributed by atoms with Crippen LogP contribution in [0.25, 0.3) is 0 Å². The molecular weight excluding hydrogens is 130 g/mol. The van der Waals surface area contributed by atoms with E-state index in [2.05, 4.69) is 0 Å². The van der Waals surface area contributed by atoms with Gasteiger partial charge in [0.15, 0.2) is 0 Å². The van der Waals surface area contributed by atoms with Crippen LogP contribution in [0.3, 0.4) is 0 Å². The van der Waals surface area contributed by atoms with Crippen molar-refractivity contribution in [1.29, 1.82) is 0 Å². The molecule has 3 N–H and O–H groups in total. The topological polar surface area (TPSA) is 55.5 Å². The van der Waals surface area contributed by atoms with E-state index in [-0.39, 0.29) is 6.61 Å². The molecule has 0 atom stereocenters. The van der Waals surface area contributed by atoms with Gasteiger partial charge in [-0.05, 0) is 25.8 Å². The molecule has 0 unspecified atom stereocenters. The Balaban J connectivity index is 2.65. The summed E-state index contributed by atoms with van der Waals surface area (Å²) < 4.78 is 5.16. The Morgan fingerprint density at radius 2 is 1.80 bits per heavy atom. The van der Waals surface area contributed by atoms with Crippen molar-refractivity contribution in [2.24, 2.45) is 5.73 Å². The van der Waals surface area contributed by atoms with Crippen molar-refractivity contribution in [1.82, 2.24) is 0 Å². The van der Waals surface area contributed by atoms with Crippen LogP contribution >= 0.6 is 0 Å². The first kappa shape index (κ1) is 9.88. The van der Waals surface area contributed by atoms with Gasteiger partial charge in [-0.1, -0.05) is 0 Å². The van der Waals surface area contributed by atoms with Crippen LogP contribution in [0.2, 0.25) is 0 Å².